The molecule has 2 aliphatic rings. The average molecular weight is 296 g/mol. The first-order valence-electron chi connectivity index (χ1n) is 7.40. The van der Waals surface area contributed by atoms with Gasteiger partial charge in [-0.25, -0.2) is 0 Å². The van der Waals surface area contributed by atoms with E-state index in [1.807, 2.05) is 6.07 Å². The van der Waals surface area contributed by atoms with E-state index in [4.69, 9.17) is 26.8 Å². The quantitative estimate of drug-likeness (QED) is 0.902. The van der Waals surface area contributed by atoms with Crippen LogP contribution in [0.3, 0.4) is 0 Å². The monoisotopic (exact) mass is 295 g/mol. The number of nitrogens with two attached hydrogens (primary N) is 1. The highest BCUT2D eigenvalue weighted by Crippen LogP contribution is 2.48. The molecule has 1 aromatic rings. The maximum atomic E-state index is 6.08. The summed E-state index contributed by atoms with van der Waals surface area (Å²) in [5, 5.41) is 0.634. The van der Waals surface area contributed by atoms with Gasteiger partial charge in [-0.2, -0.15) is 0 Å². The number of hydrogen-bond donors (Lipinski definition) is 1. The first-order valence-corrected chi connectivity index (χ1v) is 7.78. The van der Waals surface area contributed by atoms with Crippen molar-refractivity contribution in [3.05, 3.63) is 22.7 Å². The summed E-state index contributed by atoms with van der Waals surface area (Å²) < 4.78 is 11.5. The van der Waals surface area contributed by atoms with E-state index in [1.54, 1.807) is 13.2 Å². The van der Waals surface area contributed by atoms with E-state index in [2.05, 4.69) is 0 Å². The molecule has 3 rings (SSSR count). The van der Waals surface area contributed by atoms with Crippen LogP contribution in [-0.4, -0.2) is 13.7 Å². The summed E-state index contributed by atoms with van der Waals surface area (Å²) in [6, 6.07) is 3.65. The van der Waals surface area contributed by atoms with Crippen molar-refractivity contribution in [1.82, 2.24) is 0 Å². The second-order valence-electron chi connectivity index (χ2n) is 6.05. The van der Waals surface area contributed by atoms with Crippen molar-refractivity contribution < 1.29 is 9.47 Å². The first-order chi connectivity index (χ1) is 9.71. The molecule has 0 saturated heterocycles. The predicted molar refractivity (Wildman–Crippen MR) is 80.3 cm³/mol. The Hall–Kier alpha value is -0.930. The number of methoxy groups -OCH3 is 1. The molecule has 0 amide bonds. The highest BCUT2D eigenvalue weighted by atomic mass is 35.5. The topological polar surface area (TPSA) is 44.5 Å². The van der Waals surface area contributed by atoms with Gasteiger partial charge in [0.05, 0.1) is 13.7 Å². The molecule has 0 aromatic heterocycles. The molecule has 2 fully saturated rings. The number of ether oxygens (including phenoxy) is 2. The minimum absolute atomic E-state index is 0.406. The van der Waals surface area contributed by atoms with Crippen LogP contribution in [0.5, 0.6) is 11.5 Å². The highest BCUT2D eigenvalue weighted by Gasteiger charge is 2.39. The van der Waals surface area contributed by atoms with Crippen molar-refractivity contribution in [2.45, 2.75) is 32.2 Å². The number of fused-ring (bicyclic) bond motifs is 2. The molecular weight excluding hydrogens is 274 g/mol. The van der Waals surface area contributed by atoms with E-state index in [0.717, 1.165) is 29.8 Å². The molecule has 1 aromatic carbocycles. The highest BCUT2D eigenvalue weighted by molar-refractivity contribution is 6.30. The predicted octanol–water partition coefficient (Wildman–Crippen LogP) is 3.62. The van der Waals surface area contributed by atoms with Crippen LogP contribution in [0.2, 0.25) is 5.02 Å². The molecule has 3 nitrogen and oxygen atoms in total. The van der Waals surface area contributed by atoms with Gasteiger partial charge in [0.15, 0.2) is 11.5 Å². The van der Waals surface area contributed by atoms with Gasteiger partial charge >= 0.3 is 0 Å². The summed E-state index contributed by atoms with van der Waals surface area (Å²) >= 11 is 6.07. The lowest BCUT2D eigenvalue weighted by Gasteiger charge is -2.23. The Morgan fingerprint density at radius 1 is 1.30 bits per heavy atom. The summed E-state index contributed by atoms with van der Waals surface area (Å²) in [5.41, 5.74) is 6.71. The van der Waals surface area contributed by atoms with Crippen LogP contribution < -0.4 is 15.2 Å². The Bertz CT molecular complexity index is 466. The molecule has 2 aliphatic carbocycles. The van der Waals surface area contributed by atoms with E-state index in [9.17, 15) is 0 Å². The van der Waals surface area contributed by atoms with Crippen molar-refractivity contribution in [3.8, 4) is 11.5 Å². The van der Waals surface area contributed by atoms with Gasteiger partial charge in [0.2, 0.25) is 0 Å². The number of rotatable bonds is 5. The third kappa shape index (κ3) is 2.61. The van der Waals surface area contributed by atoms with Crippen molar-refractivity contribution in [2.75, 3.05) is 13.7 Å². The van der Waals surface area contributed by atoms with Crippen LogP contribution in [0.25, 0.3) is 0 Å². The zero-order valence-electron chi connectivity index (χ0n) is 11.9. The lowest BCUT2D eigenvalue weighted by molar-refractivity contribution is 0.188. The minimum Gasteiger partial charge on any atom is -0.493 e. The molecule has 20 heavy (non-hydrogen) atoms. The van der Waals surface area contributed by atoms with Gasteiger partial charge < -0.3 is 15.2 Å². The van der Waals surface area contributed by atoms with Gasteiger partial charge in [0.1, 0.15) is 0 Å². The Morgan fingerprint density at radius 3 is 2.75 bits per heavy atom. The molecule has 3 atom stereocenters. The van der Waals surface area contributed by atoms with E-state index < -0.39 is 0 Å². The van der Waals surface area contributed by atoms with Crippen LogP contribution in [0.4, 0.5) is 0 Å². The normalized spacial score (nSPS) is 27.9. The van der Waals surface area contributed by atoms with Gasteiger partial charge in [-0.15, -0.1) is 0 Å². The zero-order valence-corrected chi connectivity index (χ0v) is 12.7. The molecule has 3 unspecified atom stereocenters. The van der Waals surface area contributed by atoms with Crippen molar-refractivity contribution in [2.24, 2.45) is 23.5 Å². The Labute approximate surface area is 125 Å². The summed E-state index contributed by atoms with van der Waals surface area (Å²) in [5.74, 6) is 3.94. The fourth-order valence-electron chi connectivity index (χ4n) is 3.86. The van der Waals surface area contributed by atoms with Crippen LogP contribution >= 0.6 is 11.6 Å². The maximum Gasteiger partial charge on any atom is 0.165 e. The molecule has 0 radical (unpaired) electrons. The molecule has 0 aliphatic heterocycles. The molecule has 2 saturated carbocycles. The minimum atomic E-state index is 0.406. The molecule has 0 heterocycles. The fourth-order valence-corrected chi connectivity index (χ4v) is 4.09. The largest absolute Gasteiger partial charge is 0.493 e. The lowest BCUT2D eigenvalue weighted by atomic mass is 9.89. The van der Waals surface area contributed by atoms with Crippen LogP contribution in [0, 0.1) is 17.8 Å². The molecule has 4 heteroatoms. The second-order valence-corrected chi connectivity index (χ2v) is 6.48. The second kappa shape index (κ2) is 5.82. The summed E-state index contributed by atoms with van der Waals surface area (Å²) in [6.07, 6.45) is 5.51. The van der Waals surface area contributed by atoms with E-state index in [-0.39, 0.29) is 0 Å². The number of halogens is 1. The van der Waals surface area contributed by atoms with Crippen LogP contribution in [0.1, 0.15) is 31.2 Å². The summed E-state index contributed by atoms with van der Waals surface area (Å²) in [7, 11) is 1.64. The van der Waals surface area contributed by atoms with E-state index in [0.29, 0.717) is 23.2 Å². The van der Waals surface area contributed by atoms with Crippen LogP contribution in [0.15, 0.2) is 12.1 Å². The van der Waals surface area contributed by atoms with Gasteiger partial charge in [0.25, 0.3) is 0 Å². The van der Waals surface area contributed by atoms with Crippen molar-refractivity contribution in [3.63, 3.8) is 0 Å². The lowest BCUT2D eigenvalue weighted by Crippen LogP contribution is -2.19. The summed E-state index contributed by atoms with van der Waals surface area (Å²) in [6.45, 7) is 1.18. The fraction of sp³-hybridized carbons (Fsp3) is 0.625. The zero-order chi connectivity index (χ0) is 14.1. The van der Waals surface area contributed by atoms with E-state index in [1.165, 1.54) is 25.7 Å². The number of hydrogen-bond acceptors (Lipinski definition) is 3. The van der Waals surface area contributed by atoms with Gasteiger partial charge in [-0.3, -0.25) is 0 Å². The Balaban J connectivity index is 1.73. The van der Waals surface area contributed by atoms with Crippen molar-refractivity contribution in [1.29, 1.82) is 0 Å². The Kier molecular flexibility index (Phi) is 4.08. The maximum absolute atomic E-state index is 6.08. The molecule has 2 N–H and O–H groups in total. The first kappa shape index (κ1) is 14.0. The molecule has 2 bridgehead atoms. The molecule has 110 valence electrons. The van der Waals surface area contributed by atoms with Crippen LogP contribution in [-0.2, 0) is 6.54 Å². The third-order valence-corrected chi connectivity index (χ3v) is 5.08. The average Bonchev–Trinajstić information content (AvgIpc) is 3.07. The SMILES string of the molecule is COc1cc(Cl)cc(CN)c1OCC1CC2CCC1C2. The standard InChI is InChI=1S/C16H22ClNO2/c1-19-15-7-14(17)6-12(8-18)16(15)20-9-13-5-10-2-3-11(13)4-10/h6-7,10-11,13H,2-5,8-9,18H2,1H3. The smallest absolute Gasteiger partial charge is 0.165 e. The van der Waals surface area contributed by atoms with E-state index >= 15 is 0 Å². The Morgan fingerprint density at radius 2 is 2.15 bits per heavy atom. The molecular formula is C16H22ClNO2. The van der Waals surface area contributed by atoms with Gasteiger partial charge in [-0.05, 0) is 43.1 Å². The number of benzene rings is 1. The molecule has 0 spiro atoms. The summed E-state index contributed by atoms with van der Waals surface area (Å²) in [4.78, 5) is 0. The van der Waals surface area contributed by atoms with Gasteiger partial charge in [0, 0.05) is 23.2 Å². The third-order valence-electron chi connectivity index (χ3n) is 4.86. The van der Waals surface area contributed by atoms with Gasteiger partial charge in [-0.1, -0.05) is 18.0 Å². The van der Waals surface area contributed by atoms with Crippen molar-refractivity contribution >= 4 is 11.6 Å².